The number of nitrogens with zero attached hydrogens (tertiary/aromatic N) is 1. The Morgan fingerprint density at radius 2 is 2.19 bits per heavy atom. The molecule has 5 nitrogen and oxygen atoms in total. The molecule has 6 heteroatoms. The van der Waals surface area contributed by atoms with Crippen LogP contribution in [-0.4, -0.2) is 30.6 Å². The van der Waals surface area contributed by atoms with E-state index < -0.39 is 12.1 Å². The van der Waals surface area contributed by atoms with Crippen LogP contribution < -0.4 is 10.2 Å². The molecule has 2 rings (SSSR count). The number of carbonyl (C=O) groups is 2. The van der Waals surface area contributed by atoms with Gasteiger partial charge in [-0.1, -0.05) is 18.5 Å². The first kappa shape index (κ1) is 15.6. The van der Waals surface area contributed by atoms with Crippen LogP contribution in [0, 0.1) is 0 Å². The monoisotopic (exact) mass is 310 g/mol. The van der Waals surface area contributed by atoms with Gasteiger partial charge in [0.05, 0.1) is 18.0 Å². The Morgan fingerprint density at radius 1 is 1.48 bits per heavy atom. The van der Waals surface area contributed by atoms with E-state index in [0.717, 1.165) is 5.69 Å². The van der Waals surface area contributed by atoms with Crippen LogP contribution in [0.4, 0.5) is 11.4 Å². The smallest absolute Gasteiger partial charge is 0.329 e. The molecule has 1 N–H and O–H groups in total. The highest BCUT2D eigenvalue weighted by Crippen LogP contribution is 2.35. The topological polar surface area (TPSA) is 58.6 Å². The fourth-order valence-electron chi connectivity index (χ4n) is 2.47. The molecule has 114 valence electrons. The van der Waals surface area contributed by atoms with E-state index in [1.54, 1.807) is 32.0 Å². The lowest BCUT2D eigenvalue weighted by atomic mass is 10.1. The van der Waals surface area contributed by atoms with Crippen LogP contribution in [-0.2, 0) is 14.3 Å². The minimum absolute atomic E-state index is 0.148. The lowest BCUT2D eigenvalue weighted by molar-refractivity contribution is -0.146. The zero-order valence-corrected chi connectivity index (χ0v) is 13.1. The fraction of sp³-hybridized carbons (Fsp3) is 0.467. The Morgan fingerprint density at radius 3 is 2.81 bits per heavy atom. The van der Waals surface area contributed by atoms with E-state index in [2.05, 4.69) is 5.32 Å². The summed E-state index contributed by atoms with van der Waals surface area (Å²) in [7, 11) is 0. The standard InChI is InChI=1S/C15H19ClN2O3/c1-4-12(15(20)21-5-2)18-13-7-6-10(16)8-11(13)17-9(3)14(18)19/h6-9,12,17H,4-5H2,1-3H3. The molecule has 1 aromatic carbocycles. The summed E-state index contributed by atoms with van der Waals surface area (Å²) in [5.74, 6) is -0.534. The molecular weight excluding hydrogens is 292 g/mol. The van der Waals surface area contributed by atoms with Gasteiger partial charge in [-0.15, -0.1) is 0 Å². The van der Waals surface area contributed by atoms with Gasteiger partial charge in [-0.05, 0) is 38.5 Å². The van der Waals surface area contributed by atoms with Crippen molar-refractivity contribution in [2.24, 2.45) is 0 Å². The second kappa shape index (κ2) is 6.35. The first-order valence-electron chi connectivity index (χ1n) is 7.05. The van der Waals surface area contributed by atoms with E-state index in [1.807, 2.05) is 6.92 Å². The van der Waals surface area contributed by atoms with Crippen molar-refractivity contribution in [3.05, 3.63) is 23.2 Å². The highest BCUT2D eigenvalue weighted by atomic mass is 35.5. The number of ether oxygens (including phenoxy) is 1. The second-order valence-electron chi connectivity index (χ2n) is 4.91. The van der Waals surface area contributed by atoms with Crippen LogP contribution in [0.15, 0.2) is 18.2 Å². The van der Waals surface area contributed by atoms with Gasteiger partial charge in [0.15, 0.2) is 0 Å². The molecule has 1 amide bonds. The average Bonchev–Trinajstić information content (AvgIpc) is 2.44. The number of anilines is 2. The number of hydrogen-bond acceptors (Lipinski definition) is 4. The summed E-state index contributed by atoms with van der Waals surface area (Å²) in [6.45, 7) is 5.66. The maximum Gasteiger partial charge on any atom is 0.329 e. The minimum Gasteiger partial charge on any atom is -0.464 e. The van der Waals surface area contributed by atoms with Crippen molar-refractivity contribution in [1.82, 2.24) is 0 Å². The first-order valence-corrected chi connectivity index (χ1v) is 7.43. The van der Waals surface area contributed by atoms with E-state index in [-0.39, 0.29) is 11.9 Å². The number of amides is 1. The quantitative estimate of drug-likeness (QED) is 0.869. The second-order valence-corrected chi connectivity index (χ2v) is 5.35. The van der Waals surface area contributed by atoms with E-state index in [1.165, 1.54) is 4.90 Å². The van der Waals surface area contributed by atoms with Crippen LogP contribution in [0.1, 0.15) is 27.2 Å². The predicted molar refractivity (Wildman–Crippen MR) is 82.7 cm³/mol. The summed E-state index contributed by atoms with van der Waals surface area (Å²) in [4.78, 5) is 26.2. The Balaban J connectivity index is 2.45. The van der Waals surface area contributed by atoms with Gasteiger partial charge in [0.1, 0.15) is 12.1 Å². The lowest BCUT2D eigenvalue weighted by Crippen LogP contribution is -2.53. The highest BCUT2D eigenvalue weighted by Gasteiger charge is 2.37. The predicted octanol–water partition coefficient (Wildman–Crippen LogP) is 2.83. The molecule has 21 heavy (non-hydrogen) atoms. The molecule has 2 unspecified atom stereocenters. The average molecular weight is 311 g/mol. The molecule has 2 atom stereocenters. The molecule has 0 bridgehead atoms. The number of fused-ring (bicyclic) bond motifs is 1. The molecular formula is C15H19ClN2O3. The summed E-state index contributed by atoms with van der Waals surface area (Å²) in [6, 6.07) is 4.17. The van der Waals surface area contributed by atoms with Crippen molar-refractivity contribution in [3.63, 3.8) is 0 Å². The zero-order chi connectivity index (χ0) is 15.6. The summed E-state index contributed by atoms with van der Waals surface area (Å²) >= 11 is 6.00. The highest BCUT2D eigenvalue weighted by molar-refractivity contribution is 6.31. The molecule has 0 radical (unpaired) electrons. The van der Waals surface area contributed by atoms with E-state index in [4.69, 9.17) is 16.3 Å². The Bertz CT molecular complexity index is 562. The number of halogens is 1. The van der Waals surface area contributed by atoms with Crippen LogP contribution >= 0.6 is 11.6 Å². The van der Waals surface area contributed by atoms with Crippen molar-refractivity contribution in [1.29, 1.82) is 0 Å². The van der Waals surface area contributed by atoms with Gasteiger partial charge in [0.25, 0.3) is 0 Å². The van der Waals surface area contributed by atoms with Crippen molar-refractivity contribution in [3.8, 4) is 0 Å². The first-order chi connectivity index (χ1) is 9.99. The number of hydrogen-bond donors (Lipinski definition) is 1. The van der Waals surface area contributed by atoms with Gasteiger partial charge in [-0.25, -0.2) is 4.79 Å². The van der Waals surface area contributed by atoms with E-state index in [0.29, 0.717) is 23.7 Å². The van der Waals surface area contributed by atoms with Gasteiger partial charge in [-0.3, -0.25) is 9.69 Å². The van der Waals surface area contributed by atoms with Gasteiger partial charge in [-0.2, -0.15) is 0 Å². The summed E-state index contributed by atoms with van der Waals surface area (Å²) in [5.41, 5.74) is 1.40. The maximum atomic E-state index is 12.5. The molecule has 0 spiro atoms. The van der Waals surface area contributed by atoms with Crippen LogP contribution in [0.5, 0.6) is 0 Å². The maximum absolute atomic E-state index is 12.5. The van der Waals surface area contributed by atoms with E-state index in [9.17, 15) is 9.59 Å². The minimum atomic E-state index is -0.623. The summed E-state index contributed by atoms with van der Waals surface area (Å²) in [5, 5.41) is 3.68. The summed E-state index contributed by atoms with van der Waals surface area (Å²) < 4.78 is 5.09. The van der Waals surface area contributed by atoms with Crippen LogP contribution in [0.3, 0.4) is 0 Å². The molecule has 1 heterocycles. The van der Waals surface area contributed by atoms with Crippen molar-refractivity contribution >= 4 is 34.9 Å². The van der Waals surface area contributed by atoms with Crippen LogP contribution in [0.25, 0.3) is 0 Å². The molecule has 1 aliphatic rings. The third kappa shape index (κ3) is 2.97. The largest absolute Gasteiger partial charge is 0.464 e. The van der Waals surface area contributed by atoms with Crippen molar-refractivity contribution in [2.45, 2.75) is 39.3 Å². The van der Waals surface area contributed by atoms with Crippen molar-refractivity contribution < 1.29 is 14.3 Å². The molecule has 0 fully saturated rings. The molecule has 0 saturated heterocycles. The Hall–Kier alpha value is -1.75. The van der Waals surface area contributed by atoms with E-state index >= 15 is 0 Å². The molecule has 1 aliphatic heterocycles. The van der Waals surface area contributed by atoms with Gasteiger partial charge < -0.3 is 10.1 Å². The molecule has 1 aromatic rings. The van der Waals surface area contributed by atoms with Gasteiger partial charge in [0.2, 0.25) is 5.91 Å². The number of carbonyl (C=O) groups excluding carboxylic acids is 2. The van der Waals surface area contributed by atoms with Gasteiger partial charge >= 0.3 is 5.97 Å². The van der Waals surface area contributed by atoms with Crippen molar-refractivity contribution in [2.75, 3.05) is 16.8 Å². The zero-order valence-electron chi connectivity index (χ0n) is 12.4. The molecule has 0 saturated carbocycles. The third-order valence-corrected chi connectivity index (χ3v) is 3.69. The summed E-state index contributed by atoms with van der Waals surface area (Å²) in [6.07, 6.45) is 0.485. The number of nitrogens with one attached hydrogen (secondary N) is 1. The molecule has 0 aromatic heterocycles. The Kier molecular flexibility index (Phi) is 4.73. The normalized spacial score (nSPS) is 18.8. The number of rotatable bonds is 4. The lowest BCUT2D eigenvalue weighted by Gasteiger charge is -2.37. The van der Waals surface area contributed by atoms with Crippen LogP contribution in [0.2, 0.25) is 5.02 Å². The SMILES string of the molecule is CCOC(=O)C(CC)N1C(=O)C(C)Nc2cc(Cl)ccc21. The molecule has 0 aliphatic carbocycles. The van der Waals surface area contributed by atoms with Gasteiger partial charge in [0, 0.05) is 5.02 Å². The fourth-order valence-corrected chi connectivity index (χ4v) is 2.64. The number of benzene rings is 1. The third-order valence-electron chi connectivity index (χ3n) is 3.46. The Labute approximate surface area is 129 Å². The number of esters is 1.